The Labute approximate surface area is 138 Å². The van der Waals surface area contributed by atoms with Gasteiger partial charge in [-0.15, -0.1) is 11.1 Å². The van der Waals surface area contributed by atoms with Crippen LogP contribution < -0.4 is 0 Å². The van der Waals surface area contributed by atoms with Crippen LogP contribution in [0.3, 0.4) is 0 Å². The van der Waals surface area contributed by atoms with Gasteiger partial charge < -0.3 is 0 Å². The van der Waals surface area contributed by atoms with Crippen LogP contribution in [0.5, 0.6) is 0 Å². The van der Waals surface area contributed by atoms with Gasteiger partial charge in [0.2, 0.25) is 0 Å². The third-order valence-electron chi connectivity index (χ3n) is 3.51. The molecular formula is C17H17Cl2Ti-. The average molecular weight is 340 g/mol. The van der Waals surface area contributed by atoms with E-state index in [1.54, 1.807) is 0 Å². The number of halogens is 2. The van der Waals surface area contributed by atoms with Crippen molar-refractivity contribution in [2.24, 2.45) is 0 Å². The fourth-order valence-corrected chi connectivity index (χ4v) is 2.50. The van der Waals surface area contributed by atoms with Crippen molar-refractivity contribution in [2.45, 2.75) is 32.6 Å². The van der Waals surface area contributed by atoms with Crippen molar-refractivity contribution in [3.63, 3.8) is 0 Å². The van der Waals surface area contributed by atoms with Crippen LogP contribution in [0, 0.1) is 6.07 Å². The molecule has 0 nitrogen and oxygen atoms in total. The summed E-state index contributed by atoms with van der Waals surface area (Å²) in [5.74, 6) is 0. The summed E-state index contributed by atoms with van der Waals surface area (Å²) in [7, 11) is 9.78. The van der Waals surface area contributed by atoms with E-state index in [9.17, 15) is 0 Å². The van der Waals surface area contributed by atoms with E-state index in [0.717, 1.165) is 6.42 Å². The van der Waals surface area contributed by atoms with E-state index >= 15 is 0 Å². The van der Waals surface area contributed by atoms with Gasteiger partial charge in [0.25, 0.3) is 0 Å². The van der Waals surface area contributed by atoms with Crippen molar-refractivity contribution in [1.82, 2.24) is 0 Å². The van der Waals surface area contributed by atoms with E-state index in [1.165, 1.54) is 27.8 Å². The molecule has 1 aliphatic rings. The molecule has 1 aliphatic carbocycles. The van der Waals surface area contributed by atoms with Gasteiger partial charge in [0, 0.05) is 0 Å². The standard InChI is InChI=1S/C17H17.2ClH.Ti/c1-17(2,3)14-8-9-16-13(11-14)10-12-6-4-5-7-15(12)16;;;/h4-9H,10H2,1-3H3;2*1H;/q-1;;;+2/p-2. The predicted octanol–water partition coefficient (Wildman–Crippen LogP) is 5.73. The minimum atomic E-state index is -0.556. The zero-order valence-corrected chi connectivity index (χ0v) is 15.0. The average Bonchev–Trinajstić information content (AvgIpc) is 2.76. The van der Waals surface area contributed by atoms with Gasteiger partial charge in [-0.25, -0.2) is 0 Å². The fraction of sp³-hybridized carbons (Fsp3) is 0.294. The third kappa shape index (κ3) is 3.49. The van der Waals surface area contributed by atoms with E-state index < -0.39 is 17.0 Å². The Morgan fingerprint density at radius 3 is 2.30 bits per heavy atom. The van der Waals surface area contributed by atoms with Crippen molar-refractivity contribution in [3.8, 4) is 11.1 Å². The predicted molar refractivity (Wildman–Crippen MR) is 83.9 cm³/mol. The summed E-state index contributed by atoms with van der Waals surface area (Å²) in [6, 6.07) is 16.8. The first-order valence-corrected chi connectivity index (χ1v) is 10.9. The van der Waals surface area contributed by atoms with Crippen molar-refractivity contribution in [1.29, 1.82) is 0 Å². The molecule has 0 saturated heterocycles. The van der Waals surface area contributed by atoms with Crippen LogP contribution in [0.2, 0.25) is 0 Å². The van der Waals surface area contributed by atoms with E-state index in [4.69, 9.17) is 18.6 Å². The first kappa shape index (κ1) is 16.1. The number of hydrogen-bond donors (Lipinski definition) is 0. The van der Waals surface area contributed by atoms with E-state index in [1.807, 2.05) is 0 Å². The van der Waals surface area contributed by atoms with Crippen LogP contribution in [0.4, 0.5) is 0 Å². The summed E-state index contributed by atoms with van der Waals surface area (Å²) in [6.07, 6.45) is 1.04. The van der Waals surface area contributed by atoms with E-state index in [0.29, 0.717) is 0 Å². The second-order valence-corrected chi connectivity index (χ2v) is 8.50. The monoisotopic (exact) mass is 339 g/mol. The van der Waals surface area contributed by atoms with E-state index in [-0.39, 0.29) is 5.41 Å². The molecule has 0 spiro atoms. The van der Waals surface area contributed by atoms with Gasteiger partial charge in [0.15, 0.2) is 0 Å². The quantitative estimate of drug-likeness (QED) is 0.362. The third-order valence-corrected chi connectivity index (χ3v) is 3.51. The summed E-state index contributed by atoms with van der Waals surface area (Å²) >= 11 is -0.556. The van der Waals surface area contributed by atoms with Gasteiger partial charge in [-0.1, -0.05) is 56.2 Å². The molecule has 0 N–H and O–H groups in total. The van der Waals surface area contributed by atoms with E-state index in [2.05, 4.69) is 63.2 Å². The van der Waals surface area contributed by atoms with Crippen LogP contribution in [0.15, 0.2) is 36.4 Å². The van der Waals surface area contributed by atoms with Crippen LogP contribution in [-0.2, 0) is 28.9 Å². The summed E-state index contributed by atoms with van der Waals surface area (Å²) in [5, 5.41) is 0. The Hall–Kier alpha value is -0.266. The SMILES string of the molecule is CC(C)(C)c1[c-]c2c(cc1)-c1ccccc1C2.[Cl][Ti][Cl]. The maximum atomic E-state index is 4.89. The Morgan fingerprint density at radius 2 is 1.65 bits per heavy atom. The molecule has 0 atom stereocenters. The first-order valence-electron chi connectivity index (χ1n) is 6.57. The molecule has 0 aromatic heterocycles. The van der Waals surface area contributed by atoms with Crippen molar-refractivity contribution in [2.75, 3.05) is 0 Å². The summed E-state index contributed by atoms with van der Waals surface area (Å²) in [4.78, 5) is 0. The summed E-state index contributed by atoms with van der Waals surface area (Å²) < 4.78 is 0. The number of fused-ring (bicyclic) bond motifs is 3. The fourth-order valence-electron chi connectivity index (χ4n) is 2.50. The van der Waals surface area contributed by atoms with Crippen LogP contribution in [-0.4, -0.2) is 0 Å². The molecule has 3 heteroatoms. The molecule has 3 rings (SSSR count). The molecular weight excluding hydrogens is 323 g/mol. The number of rotatable bonds is 0. The molecule has 104 valence electrons. The number of benzene rings is 2. The molecule has 0 amide bonds. The molecule has 0 heterocycles. The molecule has 0 bridgehead atoms. The number of hydrogen-bond acceptors (Lipinski definition) is 0. The van der Waals surface area contributed by atoms with Gasteiger partial charge in [-0.3, -0.25) is 0 Å². The Bertz CT molecular complexity index is 600. The normalized spacial score (nSPS) is 12.1. The minimum absolute atomic E-state index is 0.184. The molecule has 0 saturated carbocycles. The van der Waals surface area contributed by atoms with Gasteiger partial charge in [-0.05, 0) is 11.8 Å². The Morgan fingerprint density at radius 1 is 1.00 bits per heavy atom. The van der Waals surface area contributed by atoms with Crippen molar-refractivity contribution in [3.05, 3.63) is 59.2 Å². The molecule has 0 unspecified atom stereocenters. The Balaban J connectivity index is 0.000000452. The molecule has 20 heavy (non-hydrogen) atoms. The Kier molecular flexibility index (Phi) is 5.37. The maximum absolute atomic E-state index is 4.89. The zero-order valence-electron chi connectivity index (χ0n) is 11.9. The molecule has 0 radical (unpaired) electrons. The van der Waals surface area contributed by atoms with Gasteiger partial charge in [0.05, 0.1) is 0 Å². The molecule has 2 aromatic carbocycles. The molecule has 0 aliphatic heterocycles. The van der Waals surface area contributed by atoms with Gasteiger partial charge >= 0.3 is 35.6 Å². The molecule has 0 fully saturated rings. The first-order chi connectivity index (χ1) is 9.47. The zero-order chi connectivity index (χ0) is 14.8. The summed E-state index contributed by atoms with van der Waals surface area (Å²) in [5.41, 5.74) is 7.05. The van der Waals surface area contributed by atoms with Crippen LogP contribution in [0.1, 0.15) is 37.5 Å². The van der Waals surface area contributed by atoms with Crippen LogP contribution >= 0.6 is 18.6 Å². The second kappa shape index (κ2) is 6.66. The van der Waals surface area contributed by atoms with Gasteiger partial charge in [-0.2, -0.15) is 23.8 Å². The van der Waals surface area contributed by atoms with Crippen molar-refractivity contribution >= 4 is 18.6 Å². The van der Waals surface area contributed by atoms with Crippen LogP contribution in [0.25, 0.3) is 11.1 Å². The topological polar surface area (TPSA) is 0 Å². The van der Waals surface area contributed by atoms with Crippen molar-refractivity contribution < 1.29 is 17.0 Å². The van der Waals surface area contributed by atoms with Gasteiger partial charge in [0.1, 0.15) is 0 Å². The summed E-state index contributed by atoms with van der Waals surface area (Å²) in [6.45, 7) is 6.73. The second-order valence-electron chi connectivity index (χ2n) is 5.92. The molecule has 2 aromatic rings.